The molecule has 0 bridgehead atoms. The summed E-state index contributed by atoms with van der Waals surface area (Å²) in [5, 5.41) is 0. The minimum Gasteiger partial charge on any atom is -0.357 e. The lowest BCUT2D eigenvalue weighted by molar-refractivity contribution is 0.0965. The number of ether oxygens (including phenoxy) is 1. The normalized spacial score (nSPS) is 11.1. The fourth-order valence-corrected chi connectivity index (χ4v) is 1.68. The van der Waals surface area contributed by atoms with Gasteiger partial charge in [-0.25, -0.2) is 4.79 Å². The van der Waals surface area contributed by atoms with Crippen molar-refractivity contribution in [1.29, 1.82) is 0 Å². The van der Waals surface area contributed by atoms with E-state index >= 15 is 0 Å². The molecule has 20 heavy (non-hydrogen) atoms. The molecule has 104 valence electrons. The summed E-state index contributed by atoms with van der Waals surface area (Å²) >= 11 is 0. The Hall–Kier alpha value is -2.40. The van der Waals surface area contributed by atoms with Crippen LogP contribution < -0.4 is 11.2 Å². The van der Waals surface area contributed by atoms with E-state index in [1.165, 1.54) is 10.8 Å². The van der Waals surface area contributed by atoms with Crippen molar-refractivity contribution in [2.45, 2.75) is 13.7 Å². The number of H-pyrrole nitrogens is 1. The van der Waals surface area contributed by atoms with Gasteiger partial charge in [0.05, 0.1) is 6.61 Å². The molecule has 2 rings (SSSR count). The molecule has 0 aliphatic heterocycles. The van der Waals surface area contributed by atoms with E-state index in [1.807, 2.05) is 42.5 Å². The second-order valence-electron chi connectivity index (χ2n) is 4.35. The Bertz CT molecular complexity index is 699. The van der Waals surface area contributed by atoms with E-state index in [1.54, 1.807) is 6.92 Å². The smallest absolute Gasteiger partial charge is 0.330 e. The number of hydrogen-bond acceptors (Lipinski definition) is 3. The predicted molar refractivity (Wildman–Crippen MR) is 77.5 cm³/mol. The topological polar surface area (TPSA) is 64.1 Å². The largest absolute Gasteiger partial charge is 0.357 e. The van der Waals surface area contributed by atoms with Gasteiger partial charge in [0.25, 0.3) is 5.56 Å². The number of nitrogens with one attached hydrogen (secondary N) is 1. The maximum atomic E-state index is 11.5. The molecule has 5 nitrogen and oxygen atoms in total. The van der Waals surface area contributed by atoms with Crippen LogP contribution >= 0.6 is 0 Å². The first kappa shape index (κ1) is 14.0. The molecule has 0 spiro atoms. The number of nitrogens with zero attached hydrogens (tertiary/aromatic N) is 1. The second-order valence-corrected chi connectivity index (χ2v) is 4.35. The lowest BCUT2D eigenvalue weighted by Crippen LogP contribution is -2.31. The van der Waals surface area contributed by atoms with Crippen molar-refractivity contribution in [3.8, 4) is 0 Å². The van der Waals surface area contributed by atoms with Crippen LogP contribution in [-0.2, 0) is 11.5 Å². The average Bonchev–Trinajstić information content (AvgIpc) is 2.45. The van der Waals surface area contributed by atoms with Crippen molar-refractivity contribution in [3.63, 3.8) is 0 Å². The SMILES string of the molecule is Cc1cn(COCC=Cc2ccccc2)c(=O)[nH]c1=O. The first-order valence-electron chi connectivity index (χ1n) is 6.26. The van der Waals surface area contributed by atoms with Gasteiger partial charge in [-0.05, 0) is 12.5 Å². The van der Waals surface area contributed by atoms with Crippen molar-refractivity contribution < 1.29 is 4.74 Å². The highest BCUT2D eigenvalue weighted by Crippen LogP contribution is 2.00. The summed E-state index contributed by atoms with van der Waals surface area (Å²) in [5.74, 6) is 0. The summed E-state index contributed by atoms with van der Waals surface area (Å²) in [5.41, 5.74) is 0.740. The molecule has 0 amide bonds. The van der Waals surface area contributed by atoms with E-state index in [9.17, 15) is 9.59 Å². The zero-order chi connectivity index (χ0) is 14.4. The third-order valence-electron chi connectivity index (χ3n) is 2.74. The van der Waals surface area contributed by atoms with Crippen LogP contribution in [0.3, 0.4) is 0 Å². The first-order chi connectivity index (χ1) is 9.66. The molecule has 0 aliphatic carbocycles. The summed E-state index contributed by atoms with van der Waals surface area (Å²) < 4.78 is 6.70. The molecule has 0 fully saturated rings. The van der Waals surface area contributed by atoms with Crippen LogP contribution in [0, 0.1) is 6.92 Å². The molecule has 0 atom stereocenters. The molecule has 2 aromatic rings. The third-order valence-corrected chi connectivity index (χ3v) is 2.74. The Labute approximate surface area is 116 Å². The van der Waals surface area contributed by atoms with Crippen molar-refractivity contribution in [1.82, 2.24) is 9.55 Å². The fourth-order valence-electron chi connectivity index (χ4n) is 1.68. The predicted octanol–water partition coefficient (Wildman–Crippen LogP) is 1.53. The Morgan fingerprint density at radius 1 is 1.25 bits per heavy atom. The molecular formula is C15H16N2O3. The van der Waals surface area contributed by atoms with Crippen molar-refractivity contribution >= 4 is 6.08 Å². The van der Waals surface area contributed by atoms with E-state index in [0.717, 1.165) is 5.56 Å². The number of hydrogen-bond donors (Lipinski definition) is 1. The number of benzene rings is 1. The summed E-state index contributed by atoms with van der Waals surface area (Å²) in [6.45, 7) is 2.14. The zero-order valence-electron chi connectivity index (χ0n) is 11.2. The van der Waals surface area contributed by atoms with Gasteiger partial charge in [-0.3, -0.25) is 14.3 Å². The summed E-state index contributed by atoms with van der Waals surface area (Å²) in [4.78, 5) is 24.9. The Kier molecular flexibility index (Phi) is 4.68. The lowest BCUT2D eigenvalue weighted by Gasteiger charge is -2.05. The van der Waals surface area contributed by atoms with Gasteiger partial charge in [0, 0.05) is 11.8 Å². The molecule has 1 N–H and O–H groups in total. The number of aromatic nitrogens is 2. The van der Waals surface area contributed by atoms with Crippen LogP contribution in [0.1, 0.15) is 11.1 Å². The molecule has 1 heterocycles. The standard InChI is InChI=1S/C15H16N2O3/c1-12-10-17(15(19)16-14(12)18)11-20-9-5-8-13-6-3-2-4-7-13/h2-8,10H,9,11H2,1H3,(H,16,18,19). The van der Waals surface area contributed by atoms with E-state index in [0.29, 0.717) is 12.2 Å². The van der Waals surface area contributed by atoms with E-state index in [-0.39, 0.29) is 12.3 Å². The Balaban J connectivity index is 1.88. The molecule has 0 radical (unpaired) electrons. The van der Waals surface area contributed by atoms with Gasteiger partial charge in [-0.15, -0.1) is 0 Å². The first-order valence-corrected chi connectivity index (χ1v) is 6.26. The second kappa shape index (κ2) is 6.68. The minimum atomic E-state index is -0.465. The van der Waals surface area contributed by atoms with E-state index < -0.39 is 5.69 Å². The van der Waals surface area contributed by atoms with Gasteiger partial charge >= 0.3 is 5.69 Å². The lowest BCUT2D eigenvalue weighted by atomic mass is 10.2. The number of aromatic amines is 1. The molecule has 1 aromatic carbocycles. The van der Waals surface area contributed by atoms with Crippen LogP contribution in [-0.4, -0.2) is 16.2 Å². The van der Waals surface area contributed by atoms with E-state index in [2.05, 4.69) is 4.98 Å². The molecular weight excluding hydrogens is 256 g/mol. The van der Waals surface area contributed by atoms with Gasteiger partial charge in [0.2, 0.25) is 0 Å². The van der Waals surface area contributed by atoms with Crippen molar-refractivity contribution in [2.75, 3.05) is 6.61 Å². The van der Waals surface area contributed by atoms with Crippen LogP contribution in [0.5, 0.6) is 0 Å². The molecule has 0 unspecified atom stereocenters. The highest BCUT2D eigenvalue weighted by Gasteiger charge is 1.99. The molecule has 0 aliphatic rings. The molecule has 0 saturated heterocycles. The maximum absolute atomic E-state index is 11.5. The minimum absolute atomic E-state index is 0.107. The van der Waals surface area contributed by atoms with Gasteiger partial charge < -0.3 is 4.74 Å². The summed E-state index contributed by atoms with van der Waals surface area (Å²) in [6.07, 6.45) is 5.31. The van der Waals surface area contributed by atoms with Gasteiger partial charge in [-0.1, -0.05) is 42.5 Å². The average molecular weight is 272 g/mol. The van der Waals surface area contributed by atoms with Crippen molar-refractivity contribution in [3.05, 3.63) is 74.6 Å². The highest BCUT2D eigenvalue weighted by atomic mass is 16.5. The Morgan fingerprint density at radius 3 is 2.75 bits per heavy atom. The molecule has 0 saturated carbocycles. The van der Waals surface area contributed by atoms with Gasteiger partial charge in [-0.2, -0.15) is 0 Å². The van der Waals surface area contributed by atoms with Gasteiger partial charge in [0.15, 0.2) is 0 Å². The fraction of sp³-hybridized carbons (Fsp3) is 0.200. The monoisotopic (exact) mass is 272 g/mol. The van der Waals surface area contributed by atoms with Crippen LogP contribution in [0.4, 0.5) is 0 Å². The van der Waals surface area contributed by atoms with Gasteiger partial charge in [0.1, 0.15) is 6.73 Å². The zero-order valence-corrected chi connectivity index (χ0v) is 11.2. The van der Waals surface area contributed by atoms with Crippen LogP contribution in [0.15, 0.2) is 52.2 Å². The summed E-state index contributed by atoms with van der Waals surface area (Å²) in [6, 6.07) is 9.86. The molecule has 1 aromatic heterocycles. The third kappa shape index (κ3) is 3.80. The van der Waals surface area contributed by atoms with Crippen LogP contribution in [0.25, 0.3) is 6.08 Å². The molecule has 5 heteroatoms. The van der Waals surface area contributed by atoms with Crippen LogP contribution in [0.2, 0.25) is 0 Å². The number of aryl methyl sites for hydroxylation is 1. The Morgan fingerprint density at radius 2 is 2.00 bits per heavy atom. The van der Waals surface area contributed by atoms with Crippen molar-refractivity contribution in [2.24, 2.45) is 0 Å². The summed E-state index contributed by atoms with van der Waals surface area (Å²) in [7, 11) is 0. The van der Waals surface area contributed by atoms with E-state index in [4.69, 9.17) is 4.74 Å². The maximum Gasteiger partial charge on any atom is 0.330 e. The highest BCUT2D eigenvalue weighted by molar-refractivity contribution is 5.48. The number of rotatable bonds is 5. The quantitative estimate of drug-likeness (QED) is 0.840.